The Labute approximate surface area is 691 Å². The summed E-state index contributed by atoms with van der Waals surface area (Å²) in [6.07, 6.45) is 0. The number of hydrogen-bond acceptors (Lipinski definition) is 9. The van der Waals surface area contributed by atoms with Gasteiger partial charge in [0.1, 0.15) is 0 Å². The van der Waals surface area contributed by atoms with Crippen LogP contribution in [0.4, 0.5) is 85.3 Å². The number of hydrogen-bond donors (Lipinski definition) is 3. The minimum atomic E-state index is 1.08. The number of anilines is 15. The topological polar surface area (TPSA) is 45.8 Å². The molecule has 0 bridgehead atoms. The average molecular weight is 1550 g/mol. The summed E-state index contributed by atoms with van der Waals surface area (Å²) < 4.78 is 7.69. The first-order valence-corrected chi connectivity index (χ1v) is 41.9. The van der Waals surface area contributed by atoms with E-state index in [1.807, 2.05) is 40.1 Å². The second-order valence-corrected chi connectivity index (χ2v) is 32.1. The standard InChI is InChI=1S/C42H28N2S.C36H26N2S.C30H22N2S/c1-2-13-32(14-3-1)44(33-23-24-35-30(26-33)21-20-29-11-4-6-15-34(29)35)40-19-9-17-37-38-27-31(22-25-41(38)45-42(37)40)43-39-18-8-12-28-10-5-7-16-36(28)39;1-4-12-26(13-5-1)27-14-10-15-28(24-27)37-29-22-23-35-33(25-29)32-20-11-21-34(36(32)39-35)38(30-16-6-2-7-17-30)31-18-8-3-9-19-31;1-4-11-22(12-5-1)31-23-19-20-29-27(21-23)26-17-10-18-28(30(26)33-29)32(24-13-6-2-7-14-24)25-15-8-3-9-16-25/h1-27,43H;1-25,37H;1-21,31H. The van der Waals surface area contributed by atoms with Crippen LogP contribution in [0.5, 0.6) is 0 Å². The Hall–Kier alpha value is -14.6. The van der Waals surface area contributed by atoms with Gasteiger partial charge in [0.05, 0.1) is 31.2 Å². The normalized spacial score (nSPS) is 11.2. The lowest BCUT2D eigenvalue weighted by molar-refractivity contribution is 1.30. The molecule has 0 fully saturated rings. The number of nitrogens with one attached hydrogen (secondary N) is 3. The molecular formula is C108H76N6S3. The Morgan fingerprint density at radius 2 is 0.496 bits per heavy atom. The van der Waals surface area contributed by atoms with E-state index in [9.17, 15) is 0 Å². The number of fused-ring (bicyclic) bond motifs is 13. The van der Waals surface area contributed by atoms with Crippen molar-refractivity contribution in [3.8, 4) is 11.1 Å². The van der Waals surface area contributed by atoms with Gasteiger partial charge in [0.15, 0.2) is 0 Å². The highest BCUT2D eigenvalue weighted by Gasteiger charge is 2.23. The summed E-state index contributed by atoms with van der Waals surface area (Å²) in [6.45, 7) is 0. The summed E-state index contributed by atoms with van der Waals surface area (Å²) >= 11 is 5.56. The van der Waals surface area contributed by atoms with Gasteiger partial charge in [0.2, 0.25) is 0 Å². The van der Waals surface area contributed by atoms with Crippen molar-refractivity contribution in [2.45, 2.75) is 0 Å². The maximum atomic E-state index is 3.71. The third-order valence-corrected chi connectivity index (χ3v) is 25.2. The van der Waals surface area contributed by atoms with Crippen LogP contribution in [0.25, 0.3) is 104 Å². The molecule has 3 N–H and O–H groups in total. The average Bonchev–Trinajstić information content (AvgIpc) is 1.64. The lowest BCUT2D eigenvalue weighted by atomic mass is 10.0. The number of benzene rings is 19. The smallest absolute Gasteiger partial charge is 0.0640 e. The molecule has 0 atom stereocenters. The van der Waals surface area contributed by atoms with Crippen molar-refractivity contribution in [3.05, 3.63) is 443 Å². The molecule has 0 saturated heterocycles. The highest BCUT2D eigenvalue weighted by atomic mass is 32.1. The number of nitrogens with zero attached hydrogens (tertiary/aromatic N) is 3. The van der Waals surface area contributed by atoms with Gasteiger partial charge in [-0.2, -0.15) is 0 Å². The predicted octanol–water partition coefficient (Wildman–Crippen LogP) is 32.9. The van der Waals surface area contributed by atoms with Crippen molar-refractivity contribution in [2.75, 3.05) is 30.7 Å². The van der Waals surface area contributed by atoms with Crippen LogP contribution in [-0.2, 0) is 0 Å². The quantitative estimate of drug-likeness (QED) is 0.0838. The lowest BCUT2D eigenvalue weighted by Gasteiger charge is -2.26. The largest absolute Gasteiger partial charge is 0.356 e. The van der Waals surface area contributed by atoms with Gasteiger partial charge in [-0.1, -0.05) is 267 Å². The third kappa shape index (κ3) is 14.6. The van der Waals surface area contributed by atoms with Crippen LogP contribution < -0.4 is 30.7 Å². The molecule has 22 rings (SSSR count). The van der Waals surface area contributed by atoms with Crippen LogP contribution in [0, 0.1) is 0 Å². The molecule has 22 aromatic rings. The maximum Gasteiger partial charge on any atom is 0.0640 e. The molecule has 0 saturated carbocycles. The summed E-state index contributed by atoms with van der Waals surface area (Å²) in [6, 6.07) is 158. The Morgan fingerprint density at radius 1 is 0.171 bits per heavy atom. The van der Waals surface area contributed by atoms with Crippen molar-refractivity contribution in [1.29, 1.82) is 0 Å². The molecule has 9 heteroatoms. The van der Waals surface area contributed by atoms with Gasteiger partial charge in [-0.15, -0.1) is 34.0 Å². The fourth-order valence-electron chi connectivity index (χ4n) is 16.2. The zero-order valence-electron chi connectivity index (χ0n) is 63.7. The highest BCUT2D eigenvalue weighted by molar-refractivity contribution is 7.27. The molecule has 0 amide bonds. The second kappa shape index (κ2) is 32.1. The fraction of sp³-hybridized carbons (Fsp3) is 0. The van der Waals surface area contributed by atoms with Gasteiger partial charge in [-0.3, -0.25) is 0 Å². The van der Waals surface area contributed by atoms with Gasteiger partial charge in [0, 0.05) is 120 Å². The molecule has 3 heterocycles. The third-order valence-electron chi connectivity index (χ3n) is 21.6. The van der Waals surface area contributed by atoms with Crippen LogP contribution in [0.1, 0.15) is 0 Å². The van der Waals surface area contributed by atoms with Crippen LogP contribution >= 0.6 is 34.0 Å². The van der Waals surface area contributed by atoms with Gasteiger partial charge < -0.3 is 30.7 Å². The molecule has 0 spiro atoms. The molecule has 3 aromatic heterocycles. The van der Waals surface area contributed by atoms with Gasteiger partial charge >= 0.3 is 0 Å². The predicted molar refractivity (Wildman–Crippen MR) is 509 cm³/mol. The van der Waals surface area contributed by atoms with E-state index in [2.05, 4.69) is 467 Å². The van der Waals surface area contributed by atoms with Crippen LogP contribution in [0.2, 0.25) is 0 Å². The molecule has 6 nitrogen and oxygen atoms in total. The first-order valence-electron chi connectivity index (χ1n) is 39.4. The zero-order valence-corrected chi connectivity index (χ0v) is 66.2. The molecular weight excluding hydrogens is 1480 g/mol. The van der Waals surface area contributed by atoms with Crippen molar-refractivity contribution < 1.29 is 0 Å². The molecule has 19 aromatic carbocycles. The molecule has 0 aliphatic carbocycles. The van der Waals surface area contributed by atoms with E-state index in [1.165, 1.54) is 121 Å². The first kappa shape index (κ1) is 71.5. The minimum Gasteiger partial charge on any atom is -0.356 e. The maximum absolute atomic E-state index is 3.71. The van der Waals surface area contributed by atoms with E-state index in [4.69, 9.17) is 0 Å². The zero-order chi connectivity index (χ0) is 77.8. The molecule has 0 unspecified atom stereocenters. The lowest BCUT2D eigenvalue weighted by Crippen LogP contribution is -2.09. The summed E-state index contributed by atoms with van der Waals surface area (Å²) in [5, 5.41) is 26.0. The SMILES string of the molecule is c1ccc(-c2cccc(Nc3ccc4sc5c(N(c6ccccc6)c6ccccc6)cccc5c4c3)c2)cc1.c1ccc(N(c2ccc3c(ccc4ccccc43)c2)c2cccc3c2sc2ccc(Nc4cccc5ccccc45)cc23)cc1.c1ccc(Nc2ccc3sc4c(N(c5ccccc5)c5ccccc5)cccc4c3c2)cc1. The minimum absolute atomic E-state index is 1.08. The highest BCUT2D eigenvalue weighted by Crippen LogP contribution is 2.50. The summed E-state index contributed by atoms with van der Waals surface area (Å²) in [5.74, 6) is 0. The number of thiophene rings is 3. The Bertz CT molecular complexity index is 7220. The van der Waals surface area contributed by atoms with E-state index in [0.717, 1.165) is 68.2 Å². The van der Waals surface area contributed by atoms with E-state index in [-0.39, 0.29) is 0 Å². The van der Waals surface area contributed by atoms with E-state index >= 15 is 0 Å². The van der Waals surface area contributed by atoms with Gasteiger partial charge in [-0.05, 0) is 214 Å². The van der Waals surface area contributed by atoms with Crippen molar-refractivity contribution in [3.63, 3.8) is 0 Å². The van der Waals surface area contributed by atoms with E-state index in [0.29, 0.717) is 0 Å². The fourth-order valence-corrected chi connectivity index (χ4v) is 19.7. The summed E-state index contributed by atoms with van der Waals surface area (Å²) in [5.41, 5.74) is 19.4. The first-order chi connectivity index (χ1) is 58.0. The number of rotatable bonds is 16. The van der Waals surface area contributed by atoms with Crippen molar-refractivity contribution >= 4 is 212 Å². The van der Waals surface area contributed by atoms with E-state index < -0.39 is 0 Å². The molecule has 0 aliphatic rings. The molecule has 0 radical (unpaired) electrons. The van der Waals surface area contributed by atoms with Crippen LogP contribution in [-0.4, -0.2) is 0 Å². The van der Waals surface area contributed by atoms with Gasteiger partial charge in [0.25, 0.3) is 0 Å². The van der Waals surface area contributed by atoms with Gasteiger partial charge in [-0.25, -0.2) is 0 Å². The summed E-state index contributed by atoms with van der Waals surface area (Å²) in [4.78, 5) is 7.11. The summed E-state index contributed by atoms with van der Waals surface area (Å²) in [7, 11) is 0. The Kier molecular flexibility index (Phi) is 19.6. The van der Waals surface area contributed by atoms with Crippen molar-refractivity contribution in [2.24, 2.45) is 0 Å². The Balaban J connectivity index is 0.000000114. The van der Waals surface area contributed by atoms with Crippen molar-refractivity contribution in [1.82, 2.24) is 0 Å². The van der Waals surface area contributed by atoms with Crippen LogP contribution in [0.15, 0.2) is 443 Å². The molecule has 556 valence electrons. The van der Waals surface area contributed by atoms with E-state index in [1.54, 1.807) is 0 Å². The molecule has 117 heavy (non-hydrogen) atoms. The second-order valence-electron chi connectivity index (χ2n) is 29.0. The number of para-hydroxylation sites is 6. The molecule has 0 aliphatic heterocycles. The van der Waals surface area contributed by atoms with Crippen LogP contribution in [0.3, 0.4) is 0 Å². The monoisotopic (exact) mass is 1550 g/mol. The Morgan fingerprint density at radius 3 is 0.974 bits per heavy atom.